The molecule has 3 aromatic rings. The van der Waals surface area contributed by atoms with Gasteiger partial charge in [-0.1, -0.05) is 41.9 Å². The van der Waals surface area contributed by atoms with Gasteiger partial charge >= 0.3 is 0 Å². The molecule has 6 heteroatoms. The van der Waals surface area contributed by atoms with Crippen LogP contribution in [0.5, 0.6) is 0 Å². The standard InChI is InChI=1S/C17H14ClN3O2/c1-19-16(22)15-13-4-2-3-5-14(13)17(23)21(20-15)10-11-6-8-12(18)9-7-11/h2-9H,10H2,1H3,(H,19,22). The van der Waals surface area contributed by atoms with Gasteiger partial charge < -0.3 is 5.32 Å². The predicted octanol–water partition coefficient (Wildman–Crippen LogP) is 2.46. The van der Waals surface area contributed by atoms with Crippen LogP contribution >= 0.6 is 11.6 Å². The molecule has 3 rings (SSSR count). The van der Waals surface area contributed by atoms with E-state index >= 15 is 0 Å². The maximum Gasteiger partial charge on any atom is 0.274 e. The third-order valence-corrected chi connectivity index (χ3v) is 3.81. The van der Waals surface area contributed by atoms with Crippen molar-refractivity contribution >= 4 is 28.3 Å². The van der Waals surface area contributed by atoms with Gasteiger partial charge in [-0.05, 0) is 23.8 Å². The lowest BCUT2D eigenvalue weighted by Crippen LogP contribution is -2.29. The van der Waals surface area contributed by atoms with Crippen molar-refractivity contribution in [2.45, 2.75) is 6.54 Å². The monoisotopic (exact) mass is 327 g/mol. The average molecular weight is 328 g/mol. The molecule has 0 aliphatic rings. The molecule has 0 aliphatic carbocycles. The van der Waals surface area contributed by atoms with Crippen molar-refractivity contribution < 1.29 is 4.79 Å². The number of nitrogens with zero attached hydrogens (tertiary/aromatic N) is 2. The van der Waals surface area contributed by atoms with Crippen LogP contribution in [0.2, 0.25) is 5.02 Å². The Labute approximate surface area is 137 Å². The summed E-state index contributed by atoms with van der Waals surface area (Å²) in [5, 5.41) is 8.44. The summed E-state index contributed by atoms with van der Waals surface area (Å²) in [7, 11) is 1.54. The Morgan fingerprint density at radius 3 is 2.43 bits per heavy atom. The molecule has 0 radical (unpaired) electrons. The minimum atomic E-state index is -0.328. The number of hydrogen-bond donors (Lipinski definition) is 1. The number of aromatic nitrogens is 2. The number of carbonyl (C=O) groups is 1. The second-order valence-electron chi connectivity index (χ2n) is 5.06. The first-order valence-corrected chi connectivity index (χ1v) is 7.44. The lowest BCUT2D eigenvalue weighted by molar-refractivity contribution is 0.0957. The van der Waals surface area contributed by atoms with Crippen LogP contribution in [-0.2, 0) is 6.54 Å². The van der Waals surface area contributed by atoms with Crippen LogP contribution in [0.15, 0.2) is 53.3 Å². The average Bonchev–Trinajstić information content (AvgIpc) is 2.58. The first-order chi connectivity index (χ1) is 11.1. The van der Waals surface area contributed by atoms with E-state index in [1.165, 1.54) is 11.7 Å². The fourth-order valence-electron chi connectivity index (χ4n) is 2.39. The van der Waals surface area contributed by atoms with E-state index in [9.17, 15) is 9.59 Å². The quantitative estimate of drug-likeness (QED) is 0.803. The summed E-state index contributed by atoms with van der Waals surface area (Å²) < 4.78 is 1.30. The van der Waals surface area contributed by atoms with Crippen molar-refractivity contribution in [3.63, 3.8) is 0 Å². The summed E-state index contributed by atoms with van der Waals surface area (Å²) in [6.45, 7) is 0.269. The Hall–Kier alpha value is -2.66. The van der Waals surface area contributed by atoms with Gasteiger partial charge in [0.25, 0.3) is 11.5 Å². The molecule has 0 bridgehead atoms. The number of benzene rings is 2. The molecule has 0 saturated carbocycles. The van der Waals surface area contributed by atoms with Gasteiger partial charge in [-0.15, -0.1) is 0 Å². The molecule has 1 aromatic heterocycles. The van der Waals surface area contributed by atoms with Gasteiger partial charge in [0.1, 0.15) is 0 Å². The molecule has 116 valence electrons. The molecular weight excluding hydrogens is 314 g/mol. The summed E-state index contributed by atoms with van der Waals surface area (Å²) in [6, 6.07) is 14.1. The number of hydrogen-bond acceptors (Lipinski definition) is 3. The van der Waals surface area contributed by atoms with Crippen molar-refractivity contribution in [3.05, 3.63) is 75.2 Å². The van der Waals surface area contributed by atoms with Gasteiger partial charge in [0.15, 0.2) is 5.69 Å². The Bertz CT molecular complexity index is 933. The molecule has 1 heterocycles. The van der Waals surface area contributed by atoms with E-state index in [1.807, 2.05) is 12.1 Å². The van der Waals surface area contributed by atoms with Crippen LogP contribution in [0.3, 0.4) is 0 Å². The molecule has 1 amide bonds. The Balaban J connectivity index is 2.17. The first-order valence-electron chi connectivity index (χ1n) is 7.06. The number of halogens is 1. The topological polar surface area (TPSA) is 64.0 Å². The minimum absolute atomic E-state index is 0.233. The first kappa shape index (κ1) is 15.2. The van der Waals surface area contributed by atoms with Gasteiger partial charge in [-0.3, -0.25) is 9.59 Å². The number of fused-ring (bicyclic) bond motifs is 1. The fourth-order valence-corrected chi connectivity index (χ4v) is 2.52. The van der Waals surface area contributed by atoms with Crippen LogP contribution in [-0.4, -0.2) is 22.7 Å². The summed E-state index contributed by atoms with van der Waals surface area (Å²) >= 11 is 5.87. The Morgan fingerprint density at radius 2 is 1.78 bits per heavy atom. The van der Waals surface area contributed by atoms with E-state index in [2.05, 4.69) is 10.4 Å². The van der Waals surface area contributed by atoms with Crippen LogP contribution in [0.1, 0.15) is 16.1 Å². The fraction of sp³-hybridized carbons (Fsp3) is 0.118. The molecule has 23 heavy (non-hydrogen) atoms. The van der Waals surface area contributed by atoms with Crippen LogP contribution in [0, 0.1) is 0 Å². The van der Waals surface area contributed by atoms with Crippen molar-refractivity contribution in [1.29, 1.82) is 0 Å². The second-order valence-corrected chi connectivity index (χ2v) is 5.50. The summed E-state index contributed by atoms with van der Waals surface area (Å²) in [5.74, 6) is -0.328. The minimum Gasteiger partial charge on any atom is -0.354 e. The molecule has 0 saturated heterocycles. The van der Waals surface area contributed by atoms with E-state index in [4.69, 9.17) is 11.6 Å². The lowest BCUT2D eigenvalue weighted by Gasteiger charge is -2.10. The number of nitrogens with one attached hydrogen (secondary N) is 1. The molecule has 0 atom stereocenters. The maximum absolute atomic E-state index is 12.6. The van der Waals surface area contributed by atoms with Crippen molar-refractivity contribution in [2.24, 2.45) is 0 Å². The maximum atomic E-state index is 12.6. The zero-order valence-corrected chi connectivity index (χ0v) is 13.2. The van der Waals surface area contributed by atoms with E-state index in [-0.39, 0.29) is 23.7 Å². The summed E-state index contributed by atoms with van der Waals surface area (Å²) in [6.07, 6.45) is 0. The van der Waals surface area contributed by atoms with Crippen LogP contribution < -0.4 is 10.9 Å². The highest BCUT2D eigenvalue weighted by molar-refractivity contribution is 6.30. The highest BCUT2D eigenvalue weighted by Gasteiger charge is 2.15. The lowest BCUT2D eigenvalue weighted by atomic mass is 10.1. The number of rotatable bonds is 3. The van der Waals surface area contributed by atoms with Gasteiger partial charge in [-0.2, -0.15) is 5.10 Å². The molecule has 2 aromatic carbocycles. The van der Waals surface area contributed by atoms with Crippen molar-refractivity contribution in [2.75, 3.05) is 7.05 Å². The normalized spacial score (nSPS) is 10.7. The molecule has 0 spiro atoms. The zero-order chi connectivity index (χ0) is 16.4. The molecule has 0 unspecified atom stereocenters. The molecule has 1 N–H and O–H groups in total. The smallest absolute Gasteiger partial charge is 0.274 e. The van der Waals surface area contributed by atoms with E-state index in [1.54, 1.807) is 36.4 Å². The third-order valence-electron chi connectivity index (χ3n) is 3.56. The summed E-state index contributed by atoms with van der Waals surface area (Å²) in [5.41, 5.74) is 0.877. The number of carbonyl (C=O) groups excluding carboxylic acids is 1. The molecule has 0 fully saturated rings. The van der Waals surface area contributed by atoms with Crippen molar-refractivity contribution in [3.8, 4) is 0 Å². The highest BCUT2D eigenvalue weighted by atomic mass is 35.5. The SMILES string of the molecule is CNC(=O)c1nn(Cc2ccc(Cl)cc2)c(=O)c2ccccc12. The van der Waals surface area contributed by atoms with Gasteiger partial charge in [-0.25, -0.2) is 4.68 Å². The largest absolute Gasteiger partial charge is 0.354 e. The zero-order valence-electron chi connectivity index (χ0n) is 12.4. The Morgan fingerprint density at radius 1 is 1.13 bits per heavy atom. The number of amides is 1. The summed E-state index contributed by atoms with van der Waals surface area (Å²) in [4.78, 5) is 24.7. The molecule has 5 nitrogen and oxygen atoms in total. The third kappa shape index (κ3) is 2.96. The molecule has 0 aliphatic heterocycles. The van der Waals surface area contributed by atoms with E-state index in [0.717, 1.165) is 5.56 Å². The van der Waals surface area contributed by atoms with Gasteiger partial charge in [0.2, 0.25) is 0 Å². The second kappa shape index (κ2) is 6.22. The van der Waals surface area contributed by atoms with E-state index in [0.29, 0.717) is 15.8 Å². The van der Waals surface area contributed by atoms with Crippen LogP contribution in [0.25, 0.3) is 10.8 Å². The van der Waals surface area contributed by atoms with Gasteiger partial charge in [0.05, 0.1) is 11.9 Å². The predicted molar refractivity (Wildman–Crippen MR) is 89.9 cm³/mol. The van der Waals surface area contributed by atoms with Crippen LogP contribution in [0.4, 0.5) is 0 Å². The molecular formula is C17H14ClN3O2. The van der Waals surface area contributed by atoms with Crippen molar-refractivity contribution in [1.82, 2.24) is 15.1 Å². The Kier molecular flexibility index (Phi) is 4.12. The van der Waals surface area contributed by atoms with E-state index < -0.39 is 0 Å². The highest BCUT2D eigenvalue weighted by Crippen LogP contribution is 2.14. The van der Waals surface area contributed by atoms with Gasteiger partial charge in [0, 0.05) is 17.5 Å².